The summed E-state index contributed by atoms with van der Waals surface area (Å²) in [6, 6.07) is 13.3. The van der Waals surface area contributed by atoms with Crippen molar-refractivity contribution in [2.45, 2.75) is 20.4 Å². The average Bonchev–Trinajstić information content (AvgIpc) is 2.69. The van der Waals surface area contributed by atoms with Crippen LogP contribution in [0.1, 0.15) is 11.1 Å². The van der Waals surface area contributed by atoms with E-state index in [4.69, 9.17) is 11.6 Å². The van der Waals surface area contributed by atoms with Crippen molar-refractivity contribution in [3.8, 4) is 0 Å². The quantitative estimate of drug-likeness (QED) is 0.663. The Morgan fingerprint density at radius 3 is 2.52 bits per heavy atom. The molecule has 0 saturated carbocycles. The summed E-state index contributed by atoms with van der Waals surface area (Å²) in [5, 5.41) is 1.41. The molecule has 0 bridgehead atoms. The summed E-state index contributed by atoms with van der Waals surface area (Å²) in [5.41, 5.74) is 3.93. The number of benzene rings is 2. The first-order valence-electron chi connectivity index (χ1n) is 9.81. The monoisotopic (exact) mass is 409 g/mol. The van der Waals surface area contributed by atoms with E-state index >= 15 is 0 Å². The fourth-order valence-electron chi connectivity index (χ4n) is 4.08. The molecule has 2 heterocycles. The number of anilines is 1. The van der Waals surface area contributed by atoms with Crippen molar-refractivity contribution >= 4 is 34.1 Å². The molecule has 0 aliphatic carbocycles. The summed E-state index contributed by atoms with van der Waals surface area (Å²) in [6.07, 6.45) is 1.73. The van der Waals surface area contributed by atoms with Crippen LogP contribution >= 0.6 is 11.6 Å². The predicted molar refractivity (Wildman–Crippen MR) is 118 cm³/mol. The number of rotatable bonds is 3. The lowest BCUT2D eigenvalue weighted by atomic mass is 10.1. The predicted octanol–water partition coefficient (Wildman–Crippen LogP) is 3.62. The van der Waals surface area contributed by atoms with Crippen molar-refractivity contribution < 1.29 is 4.79 Å². The Labute approximate surface area is 175 Å². The third-order valence-electron chi connectivity index (χ3n) is 5.53. The van der Waals surface area contributed by atoms with Gasteiger partial charge in [-0.05, 0) is 49.2 Å². The zero-order chi connectivity index (χ0) is 20.5. The lowest BCUT2D eigenvalue weighted by Gasteiger charge is -2.36. The van der Waals surface area contributed by atoms with Crippen molar-refractivity contribution in [3.05, 3.63) is 75.0 Å². The Hall–Kier alpha value is -2.79. The third kappa shape index (κ3) is 4.01. The minimum absolute atomic E-state index is 0.00339. The lowest BCUT2D eigenvalue weighted by Crippen LogP contribution is -2.49. The second-order valence-corrected chi connectivity index (χ2v) is 8.07. The number of piperazine rings is 1. The first-order chi connectivity index (χ1) is 13.9. The normalized spacial score (nSPS) is 14.4. The zero-order valence-corrected chi connectivity index (χ0v) is 17.4. The summed E-state index contributed by atoms with van der Waals surface area (Å²) < 4.78 is 1.89. The Kier molecular flexibility index (Phi) is 5.33. The maximum Gasteiger partial charge on any atom is 0.242 e. The summed E-state index contributed by atoms with van der Waals surface area (Å²) in [5.74, 6) is 0.0693. The van der Waals surface area contributed by atoms with Crippen LogP contribution in [-0.4, -0.2) is 41.6 Å². The molecule has 150 valence electrons. The first kappa shape index (κ1) is 19.5. The molecule has 1 aliphatic rings. The van der Waals surface area contributed by atoms with Gasteiger partial charge < -0.3 is 14.4 Å². The Morgan fingerprint density at radius 1 is 1.03 bits per heavy atom. The summed E-state index contributed by atoms with van der Waals surface area (Å²) in [7, 11) is 0. The molecule has 1 fully saturated rings. The van der Waals surface area contributed by atoms with Crippen molar-refractivity contribution in [1.82, 2.24) is 9.47 Å². The van der Waals surface area contributed by atoms with Crippen LogP contribution in [0, 0.1) is 13.8 Å². The van der Waals surface area contributed by atoms with Crippen LogP contribution in [0.5, 0.6) is 0 Å². The molecule has 29 heavy (non-hydrogen) atoms. The minimum atomic E-state index is -0.00339. The van der Waals surface area contributed by atoms with Crippen LogP contribution in [0.2, 0.25) is 5.02 Å². The fraction of sp³-hybridized carbons (Fsp3) is 0.304. The molecular weight excluding hydrogens is 386 g/mol. The van der Waals surface area contributed by atoms with E-state index in [2.05, 4.69) is 4.90 Å². The van der Waals surface area contributed by atoms with Gasteiger partial charge in [-0.15, -0.1) is 0 Å². The maximum absolute atomic E-state index is 13.0. The second-order valence-electron chi connectivity index (χ2n) is 7.63. The van der Waals surface area contributed by atoms with Crippen molar-refractivity contribution in [3.63, 3.8) is 0 Å². The van der Waals surface area contributed by atoms with Crippen molar-refractivity contribution in [1.29, 1.82) is 0 Å². The molecule has 2 aromatic carbocycles. The van der Waals surface area contributed by atoms with Crippen LogP contribution < -0.4 is 10.3 Å². The number of halogens is 1. The molecule has 1 aromatic heterocycles. The number of aryl methyl sites for hydroxylation is 2. The third-order valence-corrected chi connectivity index (χ3v) is 5.77. The van der Waals surface area contributed by atoms with Gasteiger partial charge in [0.25, 0.3) is 0 Å². The number of hydrogen-bond donors (Lipinski definition) is 0. The number of carbonyl (C=O) groups is 1. The number of pyridine rings is 1. The SMILES string of the molecule is Cc1cc(C)c2c(=O)ccn(CC(=O)N3CCN(c4cccc(Cl)c4)CC3)c2c1. The van der Waals surface area contributed by atoms with Crippen LogP contribution in [0.25, 0.3) is 10.9 Å². The summed E-state index contributed by atoms with van der Waals surface area (Å²) in [4.78, 5) is 29.4. The smallest absolute Gasteiger partial charge is 0.242 e. The largest absolute Gasteiger partial charge is 0.368 e. The van der Waals surface area contributed by atoms with Crippen LogP contribution in [-0.2, 0) is 11.3 Å². The van der Waals surface area contributed by atoms with E-state index in [1.54, 1.807) is 12.3 Å². The van der Waals surface area contributed by atoms with Crippen LogP contribution in [0.15, 0.2) is 53.5 Å². The Balaban J connectivity index is 1.50. The van der Waals surface area contributed by atoms with E-state index < -0.39 is 0 Å². The van der Waals surface area contributed by atoms with Gasteiger partial charge in [-0.3, -0.25) is 9.59 Å². The number of aromatic nitrogens is 1. The number of nitrogens with zero attached hydrogens (tertiary/aromatic N) is 3. The summed E-state index contributed by atoms with van der Waals surface area (Å²) in [6.45, 7) is 7.06. The maximum atomic E-state index is 13.0. The topological polar surface area (TPSA) is 45.6 Å². The average molecular weight is 410 g/mol. The molecular formula is C23H24ClN3O2. The van der Waals surface area contributed by atoms with Gasteiger partial charge in [-0.25, -0.2) is 0 Å². The van der Waals surface area contributed by atoms with E-state index in [0.29, 0.717) is 18.5 Å². The van der Waals surface area contributed by atoms with E-state index in [1.165, 1.54) is 0 Å². The molecule has 0 radical (unpaired) electrons. The molecule has 4 rings (SSSR count). The van der Waals surface area contributed by atoms with E-state index in [0.717, 1.165) is 40.4 Å². The Morgan fingerprint density at radius 2 is 1.79 bits per heavy atom. The van der Waals surface area contributed by atoms with Gasteiger partial charge >= 0.3 is 0 Å². The molecule has 0 N–H and O–H groups in total. The summed E-state index contributed by atoms with van der Waals surface area (Å²) >= 11 is 6.10. The van der Waals surface area contributed by atoms with E-state index in [-0.39, 0.29) is 17.9 Å². The molecule has 6 heteroatoms. The van der Waals surface area contributed by atoms with Gasteiger partial charge in [-0.2, -0.15) is 0 Å². The van der Waals surface area contributed by atoms with Gasteiger partial charge in [0.05, 0.1) is 5.52 Å². The van der Waals surface area contributed by atoms with Crippen LogP contribution in [0.3, 0.4) is 0 Å². The molecule has 0 atom stereocenters. The minimum Gasteiger partial charge on any atom is -0.368 e. The number of fused-ring (bicyclic) bond motifs is 1. The highest BCUT2D eigenvalue weighted by molar-refractivity contribution is 6.30. The number of carbonyl (C=O) groups excluding carboxylic acids is 1. The molecule has 0 spiro atoms. The van der Waals surface area contributed by atoms with Gasteiger partial charge in [0.2, 0.25) is 5.91 Å². The van der Waals surface area contributed by atoms with Gasteiger partial charge in [0, 0.05) is 54.5 Å². The molecule has 5 nitrogen and oxygen atoms in total. The van der Waals surface area contributed by atoms with Gasteiger partial charge in [0.15, 0.2) is 5.43 Å². The molecule has 3 aromatic rings. The van der Waals surface area contributed by atoms with Crippen LogP contribution in [0.4, 0.5) is 5.69 Å². The standard InChI is InChI=1S/C23H24ClN3O2/c1-16-12-17(2)23-20(13-16)27(7-6-21(23)28)15-22(29)26-10-8-25(9-11-26)19-5-3-4-18(24)14-19/h3-7,12-14H,8-11,15H2,1-2H3. The zero-order valence-electron chi connectivity index (χ0n) is 16.7. The van der Waals surface area contributed by atoms with E-state index in [9.17, 15) is 9.59 Å². The molecule has 1 saturated heterocycles. The molecule has 1 aliphatic heterocycles. The second kappa shape index (κ2) is 7.91. The van der Waals surface area contributed by atoms with Crippen molar-refractivity contribution in [2.24, 2.45) is 0 Å². The molecule has 1 amide bonds. The highest BCUT2D eigenvalue weighted by Gasteiger charge is 2.22. The van der Waals surface area contributed by atoms with Crippen molar-refractivity contribution in [2.75, 3.05) is 31.1 Å². The highest BCUT2D eigenvalue weighted by atomic mass is 35.5. The highest BCUT2D eigenvalue weighted by Crippen LogP contribution is 2.21. The number of hydrogen-bond acceptors (Lipinski definition) is 3. The van der Waals surface area contributed by atoms with E-state index in [1.807, 2.05) is 59.7 Å². The first-order valence-corrected chi connectivity index (χ1v) is 10.2. The molecule has 0 unspecified atom stereocenters. The lowest BCUT2D eigenvalue weighted by molar-refractivity contribution is -0.132. The number of amides is 1. The van der Waals surface area contributed by atoms with Gasteiger partial charge in [-0.1, -0.05) is 23.7 Å². The Bertz CT molecular complexity index is 1130. The fourth-order valence-corrected chi connectivity index (χ4v) is 4.27. The van der Waals surface area contributed by atoms with Gasteiger partial charge in [0.1, 0.15) is 6.54 Å².